The predicted molar refractivity (Wildman–Crippen MR) is 67.6 cm³/mol. The number of nitrogens with zero attached hydrogens (tertiary/aromatic N) is 1. The van der Waals surface area contributed by atoms with Crippen molar-refractivity contribution in [2.45, 2.75) is 53.0 Å². The van der Waals surface area contributed by atoms with Crippen molar-refractivity contribution in [3.05, 3.63) is 0 Å². The molecule has 1 heterocycles. The molecule has 1 unspecified atom stereocenters. The van der Waals surface area contributed by atoms with E-state index in [9.17, 15) is 9.59 Å². The molecular weight excluding hydrogens is 218 g/mol. The van der Waals surface area contributed by atoms with Gasteiger partial charge in [0.2, 0.25) is 5.91 Å². The quantitative estimate of drug-likeness (QED) is 0.714. The number of rotatable bonds is 3. The first-order valence-electron chi connectivity index (χ1n) is 6.35. The second-order valence-electron chi connectivity index (χ2n) is 4.56. The van der Waals surface area contributed by atoms with Crippen molar-refractivity contribution in [3.63, 3.8) is 0 Å². The minimum Gasteiger partial charge on any atom is -0.469 e. The van der Waals surface area contributed by atoms with Gasteiger partial charge in [-0.1, -0.05) is 26.7 Å². The van der Waals surface area contributed by atoms with E-state index in [-0.39, 0.29) is 23.8 Å². The summed E-state index contributed by atoms with van der Waals surface area (Å²) in [5.74, 6) is -0.498. The summed E-state index contributed by atoms with van der Waals surface area (Å²) in [7, 11) is 1.35. The Hall–Kier alpha value is -1.06. The van der Waals surface area contributed by atoms with Gasteiger partial charge < -0.3 is 9.64 Å². The summed E-state index contributed by atoms with van der Waals surface area (Å²) >= 11 is 0. The molecule has 1 aliphatic rings. The van der Waals surface area contributed by atoms with Crippen LogP contribution in [0.2, 0.25) is 0 Å². The van der Waals surface area contributed by atoms with Crippen LogP contribution in [0.5, 0.6) is 0 Å². The summed E-state index contributed by atoms with van der Waals surface area (Å²) in [6.45, 7) is 8.75. The van der Waals surface area contributed by atoms with Crippen molar-refractivity contribution in [2.24, 2.45) is 5.92 Å². The average Bonchev–Trinajstić information content (AvgIpc) is 2.70. The van der Waals surface area contributed by atoms with Crippen LogP contribution in [0.1, 0.15) is 47.0 Å². The zero-order valence-electron chi connectivity index (χ0n) is 11.7. The molecule has 0 N–H and O–H groups in total. The van der Waals surface area contributed by atoms with Gasteiger partial charge in [-0.05, 0) is 13.8 Å². The van der Waals surface area contributed by atoms with E-state index in [2.05, 4.69) is 18.6 Å². The number of esters is 1. The molecule has 4 heteroatoms. The highest BCUT2D eigenvalue weighted by Gasteiger charge is 2.35. The Bertz CT molecular complexity index is 249. The number of unbranched alkanes of at least 4 members (excludes halogenated alkanes) is 1. The van der Waals surface area contributed by atoms with Gasteiger partial charge in [0.1, 0.15) is 0 Å². The zero-order valence-corrected chi connectivity index (χ0v) is 11.7. The summed E-state index contributed by atoms with van der Waals surface area (Å²) in [6, 6.07) is 0.169. The Morgan fingerprint density at radius 1 is 1.41 bits per heavy atom. The fraction of sp³-hybridized carbons (Fsp3) is 0.846. The van der Waals surface area contributed by atoms with E-state index in [0.717, 1.165) is 0 Å². The highest BCUT2D eigenvalue weighted by molar-refractivity contribution is 5.86. The van der Waals surface area contributed by atoms with Crippen molar-refractivity contribution in [1.82, 2.24) is 4.90 Å². The maximum absolute atomic E-state index is 11.4. The molecule has 1 amide bonds. The van der Waals surface area contributed by atoms with E-state index in [1.165, 1.54) is 20.0 Å². The molecular formula is C13H25NO3. The molecule has 0 spiro atoms. The lowest BCUT2D eigenvalue weighted by Crippen LogP contribution is -2.32. The lowest BCUT2D eigenvalue weighted by molar-refractivity contribution is -0.145. The van der Waals surface area contributed by atoms with Crippen molar-refractivity contribution < 1.29 is 14.3 Å². The van der Waals surface area contributed by atoms with Gasteiger partial charge in [0.05, 0.1) is 13.0 Å². The number of amides is 1. The highest BCUT2D eigenvalue weighted by atomic mass is 16.5. The van der Waals surface area contributed by atoms with Gasteiger partial charge in [-0.25, -0.2) is 0 Å². The maximum atomic E-state index is 11.4. The number of hydrogen-bond donors (Lipinski definition) is 0. The predicted octanol–water partition coefficient (Wildman–Crippen LogP) is 2.22. The summed E-state index contributed by atoms with van der Waals surface area (Å²) in [4.78, 5) is 24.2. The monoisotopic (exact) mass is 243 g/mol. The molecule has 0 aromatic rings. The molecule has 4 nitrogen and oxygen atoms in total. The van der Waals surface area contributed by atoms with Gasteiger partial charge in [-0.3, -0.25) is 9.59 Å². The van der Waals surface area contributed by atoms with Crippen molar-refractivity contribution in [3.8, 4) is 0 Å². The van der Waals surface area contributed by atoms with Crippen LogP contribution in [0.15, 0.2) is 0 Å². The molecule has 1 saturated heterocycles. The first-order chi connectivity index (χ1) is 7.97. The van der Waals surface area contributed by atoms with E-state index >= 15 is 0 Å². The number of carbonyl (C=O) groups is 2. The van der Waals surface area contributed by atoms with Gasteiger partial charge >= 0.3 is 5.97 Å². The summed E-state index contributed by atoms with van der Waals surface area (Å²) < 4.78 is 4.59. The van der Waals surface area contributed by atoms with Crippen LogP contribution >= 0.6 is 0 Å². The molecule has 0 aromatic carbocycles. The van der Waals surface area contributed by atoms with E-state index in [1.54, 1.807) is 4.90 Å². The summed E-state index contributed by atoms with van der Waals surface area (Å²) in [6.07, 6.45) is 2.94. The largest absolute Gasteiger partial charge is 0.469 e. The summed E-state index contributed by atoms with van der Waals surface area (Å²) in [5.41, 5.74) is 0. The van der Waals surface area contributed by atoms with Gasteiger partial charge in [0.25, 0.3) is 0 Å². The summed E-state index contributed by atoms with van der Waals surface area (Å²) in [5, 5.41) is 0. The average molecular weight is 243 g/mol. The molecule has 0 bridgehead atoms. The van der Waals surface area contributed by atoms with Crippen LogP contribution in [0.3, 0.4) is 0 Å². The van der Waals surface area contributed by atoms with Crippen LogP contribution in [0, 0.1) is 5.92 Å². The molecule has 1 atom stereocenters. The number of methoxy groups -OCH3 is 1. The van der Waals surface area contributed by atoms with Crippen LogP contribution in [-0.2, 0) is 14.3 Å². The second-order valence-corrected chi connectivity index (χ2v) is 4.56. The van der Waals surface area contributed by atoms with E-state index in [4.69, 9.17) is 0 Å². The second kappa shape index (κ2) is 8.09. The SMILES string of the molecule is CCCC.COC(=O)C1CC(=O)N(C(C)C)C1. The third-order valence-electron chi connectivity index (χ3n) is 2.82. The fourth-order valence-corrected chi connectivity index (χ4v) is 1.56. The van der Waals surface area contributed by atoms with Crippen LogP contribution in [-0.4, -0.2) is 36.5 Å². The molecule has 1 rings (SSSR count). The number of hydrogen-bond acceptors (Lipinski definition) is 3. The Balaban J connectivity index is 0.000000557. The van der Waals surface area contributed by atoms with Crippen molar-refractivity contribution in [1.29, 1.82) is 0 Å². The highest BCUT2D eigenvalue weighted by Crippen LogP contribution is 2.20. The van der Waals surface area contributed by atoms with E-state index < -0.39 is 0 Å². The zero-order chi connectivity index (χ0) is 13.4. The fourth-order valence-electron chi connectivity index (χ4n) is 1.56. The molecule has 0 aromatic heterocycles. The third-order valence-corrected chi connectivity index (χ3v) is 2.82. The van der Waals surface area contributed by atoms with Gasteiger partial charge in [-0.15, -0.1) is 0 Å². The molecule has 100 valence electrons. The van der Waals surface area contributed by atoms with Crippen LogP contribution in [0.25, 0.3) is 0 Å². The topological polar surface area (TPSA) is 46.6 Å². The van der Waals surface area contributed by atoms with Crippen LogP contribution < -0.4 is 0 Å². The molecule has 17 heavy (non-hydrogen) atoms. The lowest BCUT2D eigenvalue weighted by Gasteiger charge is -2.20. The maximum Gasteiger partial charge on any atom is 0.310 e. The number of ether oxygens (including phenoxy) is 1. The van der Waals surface area contributed by atoms with Gasteiger partial charge in [0.15, 0.2) is 0 Å². The molecule has 0 radical (unpaired) electrons. The standard InChI is InChI=1S/C9H15NO3.C4H10/c1-6(2)10-5-7(4-8(10)11)9(12)13-3;1-3-4-2/h6-7H,4-5H2,1-3H3;3-4H2,1-2H3. The van der Waals surface area contributed by atoms with Gasteiger partial charge in [0, 0.05) is 19.0 Å². The van der Waals surface area contributed by atoms with Crippen molar-refractivity contribution >= 4 is 11.9 Å². The van der Waals surface area contributed by atoms with Crippen LogP contribution in [0.4, 0.5) is 0 Å². The third kappa shape index (κ3) is 5.20. The minimum absolute atomic E-state index is 0.0467. The minimum atomic E-state index is -0.281. The molecule has 1 fully saturated rings. The molecule has 1 aliphatic heterocycles. The number of likely N-dealkylation sites (tertiary alicyclic amines) is 1. The number of carbonyl (C=O) groups excluding carboxylic acids is 2. The van der Waals surface area contributed by atoms with E-state index in [1.807, 2.05) is 13.8 Å². The van der Waals surface area contributed by atoms with Crippen molar-refractivity contribution in [2.75, 3.05) is 13.7 Å². The normalized spacial score (nSPS) is 19.1. The Kier molecular flexibility index (Phi) is 7.59. The molecule has 0 saturated carbocycles. The first kappa shape index (κ1) is 15.9. The molecule has 0 aliphatic carbocycles. The Morgan fingerprint density at radius 2 is 1.94 bits per heavy atom. The van der Waals surface area contributed by atoms with Gasteiger partial charge in [-0.2, -0.15) is 0 Å². The Morgan fingerprint density at radius 3 is 2.24 bits per heavy atom. The lowest BCUT2D eigenvalue weighted by atomic mass is 10.1. The first-order valence-corrected chi connectivity index (χ1v) is 6.35. The smallest absolute Gasteiger partial charge is 0.310 e. The Labute approximate surface area is 104 Å². The van der Waals surface area contributed by atoms with E-state index in [0.29, 0.717) is 13.0 Å².